The summed E-state index contributed by atoms with van der Waals surface area (Å²) in [7, 11) is 0. The van der Waals surface area contributed by atoms with Crippen LogP contribution in [-0.2, 0) is 6.42 Å². The van der Waals surface area contributed by atoms with E-state index in [-0.39, 0.29) is 0 Å². The second kappa shape index (κ2) is 8.13. The lowest BCUT2D eigenvalue weighted by molar-refractivity contribution is 0.465. The number of phenols is 1. The molecule has 0 aromatic heterocycles. The minimum atomic E-state index is 0.453. The van der Waals surface area contributed by atoms with Crippen LogP contribution in [0.5, 0.6) is 5.75 Å². The van der Waals surface area contributed by atoms with Crippen LogP contribution in [0.4, 0.5) is 0 Å². The molecule has 0 radical (unpaired) electrons. The van der Waals surface area contributed by atoms with Gasteiger partial charge in [0, 0.05) is 0 Å². The van der Waals surface area contributed by atoms with Gasteiger partial charge in [-0.25, -0.2) is 0 Å². The van der Waals surface area contributed by atoms with Gasteiger partial charge in [0.05, 0.1) is 0 Å². The quantitative estimate of drug-likeness (QED) is 0.677. The molecule has 1 aromatic rings. The Morgan fingerprint density at radius 2 is 1.94 bits per heavy atom. The first-order chi connectivity index (χ1) is 8.25. The number of hydrogen-bond acceptors (Lipinski definition) is 2. The molecule has 0 saturated heterocycles. The Morgan fingerprint density at radius 3 is 2.65 bits per heavy atom. The number of rotatable bonds is 8. The van der Waals surface area contributed by atoms with E-state index < -0.39 is 0 Å². The third kappa shape index (κ3) is 5.22. The number of aromatic hydroxyl groups is 1. The fourth-order valence-electron chi connectivity index (χ4n) is 2.04. The highest BCUT2D eigenvalue weighted by Crippen LogP contribution is 2.22. The van der Waals surface area contributed by atoms with Crippen molar-refractivity contribution < 1.29 is 5.11 Å². The fraction of sp³-hybridized carbons (Fsp3) is 0.600. The molecule has 0 saturated carbocycles. The zero-order valence-electron chi connectivity index (χ0n) is 11.1. The number of benzene rings is 1. The molecule has 0 aliphatic rings. The van der Waals surface area contributed by atoms with Crippen molar-refractivity contribution in [2.75, 3.05) is 13.1 Å². The second-order valence-electron chi connectivity index (χ2n) is 4.63. The summed E-state index contributed by atoms with van der Waals surface area (Å²) in [5.74, 6) is 0.453. The summed E-state index contributed by atoms with van der Waals surface area (Å²) in [5, 5.41) is 13.2. The van der Waals surface area contributed by atoms with Crippen molar-refractivity contribution in [2.45, 2.75) is 46.0 Å². The van der Waals surface area contributed by atoms with Crippen LogP contribution in [0.25, 0.3) is 0 Å². The van der Waals surface area contributed by atoms with Gasteiger partial charge in [-0.1, -0.05) is 25.5 Å². The maximum atomic E-state index is 9.75. The highest BCUT2D eigenvalue weighted by molar-refractivity contribution is 5.38. The van der Waals surface area contributed by atoms with Crippen molar-refractivity contribution in [3.05, 3.63) is 29.3 Å². The molecule has 0 spiro atoms. The third-order valence-corrected chi connectivity index (χ3v) is 3.09. The summed E-state index contributed by atoms with van der Waals surface area (Å²) >= 11 is 0. The highest BCUT2D eigenvalue weighted by atomic mass is 16.3. The lowest BCUT2D eigenvalue weighted by Gasteiger charge is -2.08. The second-order valence-corrected chi connectivity index (χ2v) is 4.63. The lowest BCUT2D eigenvalue weighted by Crippen LogP contribution is -2.15. The van der Waals surface area contributed by atoms with Crippen LogP contribution in [0.2, 0.25) is 0 Å². The molecule has 0 fully saturated rings. The molecular weight excluding hydrogens is 210 g/mol. The van der Waals surface area contributed by atoms with Crippen LogP contribution in [0.15, 0.2) is 18.2 Å². The Balaban J connectivity index is 2.18. The number of nitrogens with one attached hydrogen (secondary N) is 1. The summed E-state index contributed by atoms with van der Waals surface area (Å²) in [5.41, 5.74) is 2.32. The Labute approximate surface area is 105 Å². The van der Waals surface area contributed by atoms with Gasteiger partial charge >= 0.3 is 0 Å². The largest absolute Gasteiger partial charge is 0.508 e. The van der Waals surface area contributed by atoms with E-state index in [2.05, 4.69) is 25.2 Å². The highest BCUT2D eigenvalue weighted by Gasteiger charge is 2.03. The first-order valence-corrected chi connectivity index (χ1v) is 6.74. The van der Waals surface area contributed by atoms with Crippen molar-refractivity contribution in [1.82, 2.24) is 5.32 Å². The molecule has 0 bridgehead atoms. The molecule has 1 aromatic carbocycles. The van der Waals surface area contributed by atoms with Crippen LogP contribution < -0.4 is 5.32 Å². The summed E-state index contributed by atoms with van der Waals surface area (Å²) in [4.78, 5) is 0. The number of aryl methyl sites for hydroxylation is 1. The monoisotopic (exact) mass is 235 g/mol. The van der Waals surface area contributed by atoms with Gasteiger partial charge in [-0.05, 0) is 62.9 Å². The summed E-state index contributed by atoms with van der Waals surface area (Å²) in [6, 6.07) is 5.76. The molecule has 17 heavy (non-hydrogen) atoms. The minimum absolute atomic E-state index is 0.453. The molecule has 0 heterocycles. The molecule has 0 aliphatic carbocycles. The minimum Gasteiger partial charge on any atom is -0.508 e. The van der Waals surface area contributed by atoms with Crippen molar-refractivity contribution in [3.63, 3.8) is 0 Å². The first-order valence-electron chi connectivity index (χ1n) is 6.74. The van der Waals surface area contributed by atoms with Crippen molar-refractivity contribution in [3.8, 4) is 5.75 Å². The van der Waals surface area contributed by atoms with Gasteiger partial charge in [0.15, 0.2) is 0 Å². The number of unbranched alkanes of at least 4 members (excludes halogenated alkanes) is 2. The third-order valence-electron chi connectivity index (χ3n) is 3.09. The zero-order chi connectivity index (χ0) is 12.5. The molecule has 2 nitrogen and oxygen atoms in total. The Bertz CT molecular complexity index is 302. The van der Waals surface area contributed by atoms with Crippen LogP contribution in [-0.4, -0.2) is 18.2 Å². The standard InChI is InChI=1S/C15H25NO/c1-3-11-16-12-6-4-5-9-14-13(2)8-7-10-15(14)17/h7-8,10,16-17H,3-6,9,11-12H2,1-2H3. The molecule has 0 amide bonds. The predicted molar refractivity (Wildman–Crippen MR) is 73.6 cm³/mol. The number of hydrogen-bond donors (Lipinski definition) is 2. The zero-order valence-corrected chi connectivity index (χ0v) is 11.1. The SMILES string of the molecule is CCCNCCCCCc1c(C)cccc1O. The maximum absolute atomic E-state index is 9.75. The molecular formula is C15H25NO. The maximum Gasteiger partial charge on any atom is 0.119 e. The van der Waals surface area contributed by atoms with Crippen molar-refractivity contribution in [2.24, 2.45) is 0 Å². The van der Waals surface area contributed by atoms with Gasteiger partial charge < -0.3 is 10.4 Å². The van der Waals surface area contributed by atoms with E-state index in [1.54, 1.807) is 6.07 Å². The van der Waals surface area contributed by atoms with E-state index >= 15 is 0 Å². The predicted octanol–water partition coefficient (Wildman–Crippen LogP) is 3.41. The Hall–Kier alpha value is -1.02. The van der Waals surface area contributed by atoms with Gasteiger partial charge in [0.2, 0.25) is 0 Å². The van der Waals surface area contributed by atoms with Crippen LogP contribution in [0, 0.1) is 6.92 Å². The van der Waals surface area contributed by atoms with Gasteiger partial charge in [-0.2, -0.15) is 0 Å². The van der Waals surface area contributed by atoms with Crippen molar-refractivity contribution >= 4 is 0 Å². The molecule has 2 N–H and O–H groups in total. The van der Waals surface area contributed by atoms with E-state index in [0.717, 1.165) is 31.5 Å². The molecule has 1 rings (SSSR count). The molecule has 0 unspecified atom stereocenters. The molecule has 96 valence electrons. The topological polar surface area (TPSA) is 32.3 Å². The van der Waals surface area contributed by atoms with Crippen molar-refractivity contribution in [1.29, 1.82) is 0 Å². The average Bonchev–Trinajstić information content (AvgIpc) is 2.31. The van der Waals surface area contributed by atoms with Gasteiger partial charge in [0.1, 0.15) is 5.75 Å². The van der Waals surface area contributed by atoms with Gasteiger partial charge in [-0.3, -0.25) is 0 Å². The van der Waals surface area contributed by atoms with E-state index in [9.17, 15) is 5.11 Å². The van der Waals surface area contributed by atoms with Gasteiger partial charge in [0.25, 0.3) is 0 Å². The Kier molecular flexibility index (Phi) is 6.71. The fourth-order valence-corrected chi connectivity index (χ4v) is 2.04. The Morgan fingerprint density at radius 1 is 1.12 bits per heavy atom. The van der Waals surface area contributed by atoms with Crippen LogP contribution >= 0.6 is 0 Å². The van der Waals surface area contributed by atoms with E-state index in [0.29, 0.717) is 5.75 Å². The molecule has 0 aliphatic heterocycles. The molecule has 2 heteroatoms. The van der Waals surface area contributed by atoms with Gasteiger partial charge in [-0.15, -0.1) is 0 Å². The summed E-state index contributed by atoms with van der Waals surface area (Å²) in [6.45, 7) is 6.50. The first kappa shape index (κ1) is 14.0. The van der Waals surface area contributed by atoms with E-state index in [4.69, 9.17) is 0 Å². The number of phenolic OH excluding ortho intramolecular Hbond substituents is 1. The van der Waals surface area contributed by atoms with E-state index in [1.165, 1.54) is 24.8 Å². The lowest BCUT2D eigenvalue weighted by atomic mass is 10.0. The normalized spacial score (nSPS) is 10.7. The molecule has 0 atom stereocenters. The van der Waals surface area contributed by atoms with E-state index in [1.807, 2.05) is 6.07 Å². The van der Waals surface area contributed by atoms with Crippen LogP contribution in [0.1, 0.15) is 43.7 Å². The summed E-state index contributed by atoms with van der Waals surface area (Å²) < 4.78 is 0. The average molecular weight is 235 g/mol. The van der Waals surface area contributed by atoms with Crippen LogP contribution in [0.3, 0.4) is 0 Å². The summed E-state index contributed by atoms with van der Waals surface area (Å²) in [6.07, 6.45) is 5.81. The smallest absolute Gasteiger partial charge is 0.119 e.